The van der Waals surface area contributed by atoms with Crippen LogP contribution in [0, 0.1) is 0 Å². The number of aromatic nitrogens is 5. The third kappa shape index (κ3) is 4.04. The molecule has 48 heavy (non-hydrogen) atoms. The molecular formula is C41H28N6O. The van der Waals surface area contributed by atoms with E-state index in [9.17, 15) is 5.11 Å². The van der Waals surface area contributed by atoms with Gasteiger partial charge in [-0.15, -0.1) is 0 Å². The van der Waals surface area contributed by atoms with E-state index in [0.29, 0.717) is 0 Å². The summed E-state index contributed by atoms with van der Waals surface area (Å²) in [5.74, 6) is 0.220. The summed E-state index contributed by atoms with van der Waals surface area (Å²) in [6.07, 6.45) is 12.5. The minimum absolute atomic E-state index is 0.220. The number of hydrogen-bond acceptors (Lipinski definition) is 2. The number of allylic oxidation sites excluding steroid dienone is 2. The van der Waals surface area contributed by atoms with Crippen LogP contribution in [0.25, 0.3) is 77.6 Å². The Hall–Kier alpha value is -6.73. The van der Waals surface area contributed by atoms with Crippen molar-refractivity contribution in [3.05, 3.63) is 150 Å². The summed E-state index contributed by atoms with van der Waals surface area (Å²) in [6.45, 7) is 0. The molecule has 6 heterocycles. The van der Waals surface area contributed by atoms with Gasteiger partial charge in [0.15, 0.2) is 0 Å². The van der Waals surface area contributed by atoms with Gasteiger partial charge in [0.25, 0.3) is 0 Å². The molecule has 0 spiro atoms. The topological polar surface area (TPSA) is 112 Å². The number of aliphatic imine (C=N–C) groups is 1. The van der Waals surface area contributed by atoms with Crippen LogP contribution < -0.4 is 0 Å². The number of phenols is 1. The molecule has 9 aromatic rings. The van der Waals surface area contributed by atoms with Crippen molar-refractivity contribution >= 4 is 61.0 Å². The van der Waals surface area contributed by atoms with E-state index in [4.69, 9.17) is 4.99 Å². The van der Waals surface area contributed by atoms with Crippen LogP contribution in [0.3, 0.4) is 0 Å². The number of phenolic OH excluding ortho intramolecular Hbond substituents is 1. The van der Waals surface area contributed by atoms with Crippen molar-refractivity contribution in [2.45, 2.75) is 0 Å². The quantitative estimate of drug-likeness (QED) is 0.113. The summed E-state index contributed by atoms with van der Waals surface area (Å²) in [6, 6.07) is 32.7. The minimum atomic E-state index is 0.220. The lowest BCUT2D eigenvalue weighted by Crippen LogP contribution is -1.91. The van der Waals surface area contributed by atoms with E-state index in [0.717, 1.165) is 99.8 Å². The van der Waals surface area contributed by atoms with E-state index in [2.05, 4.69) is 122 Å². The second-order valence-corrected chi connectivity index (χ2v) is 12.3. The van der Waals surface area contributed by atoms with Crippen LogP contribution in [0.15, 0.2) is 139 Å². The number of nitrogens with one attached hydrogen (secondary N) is 5. The van der Waals surface area contributed by atoms with E-state index in [1.807, 2.05) is 24.4 Å². The van der Waals surface area contributed by atoms with Gasteiger partial charge in [-0.25, -0.2) is 4.99 Å². The lowest BCUT2D eigenvalue weighted by Gasteiger charge is -2.05. The number of nitrogens with zero attached hydrogens (tertiary/aromatic N) is 1. The van der Waals surface area contributed by atoms with Crippen LogP contribution in [0.1, 0.15) is 16.8 Å². The highest BCUT2D eigenvalue weighted by molar-refractivity contribution is 6.24. The van der Waals surface area contributed by atoms with Crippen molar-refractivity contribution in [1.82, 2.24) is 24.9 Å². The monoisotopic (exact) mass is 620 g/mol. The average Bonchev–Trinajstić information content (AvgIpc) is 3.96. The number of fused-ring (bicyclic) bond motifs is 4. The molecule has 228 valence electrons. The van der Waals surface area contributed by atoms with E-state index in [1.54, 1.807) is 12.1 Å². The van der Waals surface area contributed by atoms with Crippen LogP contribution in [0.5, 0.6) is 5.75 Å². The molecule has 1 aliphatic heterocycles. The van der Waals surface area contributed by atoms with Crippen molar-refractivity contribution in [2.75, 3.05) is 0 Å². The predicted octanol–water partition coefficient (Wildman–Crippen LogP) is 9.91. The van der Waals surface area contributed by atoms with Gasteiger partial charge in [-0.2, -0.15) is 0 Å². The lowest BCUT2D eigenvalue weighted by molar-refractivity contribution is 0.476. The second-order valence-electron chi connectivity index (χ2n) is 12.3. The molecule has 0 atom stereocenters. The smallest absolute Gasteiger partial charge is 0.116 e. The third-order valence-electron chi connectivity index (χ3n) is 9.51. The van der Waals surface area contributed by atoms with Crippen LogP contribution in [0.2, 0.25) is 0 Å². The molecule has 0 bridgehead atoms. The van der Waals surface area contributed by atoms with E-state index >= 15 is 0 Å². The van der Waals surface area contributed by atoms with Gasteiger partial charge >= 0.3 is 0 Å². The molecule has 0 amide bonds. The van der Waals surface area contributed by atoms with Crippen LogP contribution in [0.4, 0.5) is 0 Å². The molecule has 10 rings (SSSR count). The maximum Gasteiger partial charge on any atom is 0.116 e. The Morgan fingerprint density at radius 3 is 1.79 bits per heavy atom. The fourth-order valence-electron chi connectivity index (χ4n) is 7.19. The molecule has 5 aromatic heterocycles. The van der Waals surface area contributed by atoms with Crippen LogP contribution in [-0.2, 0) is 0 Å². The number of aromatic hydroxyl groups is 1. The summed E-state index contributed by atoms with van der Waals surface area (Å²) in [4.78, 5) is 22.8. The van der Waals surface area contributed by atoms with Crippen molar-refractivity contribution in [1.29, 1.82) is 0 Å². The molecule has 4 aromatic carbocycles. The molecule has 0 fully saturated rings. The molecule has 7 heteroatoms. The zero-order chi connectivity index (χ0) is 31.8. The largest absolute Gasteiger partial charge is 0.508 e. The number of H-pyrrole nitrogens is 5. The first-order valence-corrected chi connectivity index (χ1v) is 15.9. The average molecular weight is 621 g/mol. The Labute approximate surface area is 274 Å². The van der Waals surface area contributed by atoms with E-state index < -0.39 is 0 Å². The van der Waals surface area contributed by atoms with E-state index in [-0.39, 0.29) is 5.75 Å². The van der Waals surface area contributed by atoms with Crippen molar-refractivity contribution in [2.24, 2.45) is 4.99 Å². The van der Waals surface area contributed by atoms with Crippen LogP contribution in [-0.4, -0.2) is 35.7 Å². The fraction of sp³-hybridized carbons (Fsp3) is 0. The Morgan fingerprint density at radius 2 is 1.08 bits per heavy atom. The summed E-state index contributed by atoms with van der Waals surface area (Å²) >= 11 is 0. The van der Waals surface area contributed by atoms with Gasteiger partial charge in [-0.3, -0.25) is 0 Å². The van der Waals surface area contributed by atoms with Gasteiger partial charge in [-0.1, -0.05) is 54.6 Å². The molecule has 0 saturated carbocycles. The zero-order valence-electron chi connectivity index (χ0n) is 25.6. The van der Waals surface area contributed by atoms with Crippen molar-refractivity contribution in [3.63, 3.8) is 0 Å². The second kappa shape index (κ2) is 10.1. The highest BCUT2D eigenvalue weighted by Crippen LogP contribution is 2.41. The highest BCUT2D eigenvalue weighted by atomic mass is 16.3. The maximum atomic E-state index is 10.3. The fourth-order valence-corrected chi connectivity index (χ4v) is 7.19. The number of para-hydroxylation sites is 3. The Kier molecular flexibility index (Phi) is 5.59. The molecule has 0 aliphatic carbocycles. The first kappa shape index (κ1) is 26.5. The van der Waals surface area contributed by atoms with Gasteiger partial charge < -0.3 is 30.0 Å². The van der Waals surface area contributed by atoms with Crippen molar-refractivity contribution < 1.29 is 5.11 Å². The lowest BCUT2D eigenvalue weighted by atomic mass is 9.99. The van der Waals surface area contributed by atoms with Gasteiger partial charge in [0.1, 0.15) is 5.75 Å². The predicted molar refractivity (Wildman–Crippen MR) is 196 cm³/mol. The molecule has 0 saturated heterocycles. The molecule has 6 N–H and O–H groups in total. The number of benzene rings is 4. The SMILES string of the molecule is Oc1ccc2[nH]cc(C3=N/C(=C/c4[nH]c(-c5c[nH]c6ccccc56)cc4-c4c[nH]c5ccccc45)C(c4c[nH]c5ccccc45)=C3)c2c1. The van der Waals surface area contributed by atoms with Gasteiger partial charge in [-0.05, 0) is 54.6 Å². The minimum Gasteiger partial charge on any atom is -0.508 e. The summed E-state index contributed by atoms with van der Waals surface area (Å²) in [5.41, 5.74) is 14.2. The summed E-state index contributed by atoms with van der Waals surface area (Å²) in [5, 5.41) is 14.7. The van der Waals surface area contributed by atoms with Gasteiger partial charge in [0.2, 0.25) is 0 Å². The highest BCUT2D eigenvalue weighted by Gasteiger charge is 2.24. The Bertz CT molecular complexity index is 2810. The van der Waals surface area contributed by atoms with Crippen molar-refractivity contribution in [3.8, 4) is 28.1 Å². The standard InChI is InChI=1S/C41H28N6O/c48-23-13-14-37-27(15-23)33(22-45-37)39-17-29(31-20-43-35-11-5-2-8-25(31)35)41(47-39)18-40-28(30-19-42-34-10-4-1-7-24(30)34)16-38(46-40)32-21-44-36-12-6-3-9-26(32)36/h1-22,42-46,48H/b41-18+. The molecule has 1 aliphatic rings. The zero-order valence-corrected chi connectivity index (χ0v) is 25.6. The van der Waals surface area contributed by atoms with Crippen LogP contribution >= 0.6 is 0 Å². The molecule has 7 nitrogen and oxygen atoms in total. The molecule has 0 unspecified atom stereocenters. The first-order chi connectivity index (χ1) is 23.7. The number of hydrogen-bond donors (Lipinski definition) is 6. The molecule has 0 radical (unpaired) electrons. The number of rotatable bonds is 5. The van der Waals surface area contributed by atoms with Gasteiger partial charge in [0, 0.05) is 113 Å². The third-order valence-corrected chi connectivity index (χ3v) is 9.51. The first-order valence-electron chi connectivity index (χ1n) is 15.9. The normalized spacial score (nSPS) is 14.2. The summed E-state index contributed by atoms with van der Waals surface area (Å²) in [7, 11) is 0. The Balaban J connectivity index is 1.21. The molecular weight excluding hydrogens is 592 g/mol. The van der Waals surface area contributed by atoms with E-state index in [1.165, 1.54) is 0 Å². The van der Waals surface area contributed by atoms with Gasteiger partial charge in [0.05, 0.1) is 11.4 Å². The maximum absolute atomic E-state index is 10.3. The number of aromatic amines is 5. The Morgan fingerprint density at radius 1 is 0.521 bits per heavy atom. The summed E-state index contributed by atoms with van der Waals surface area (Å²) < 4.78 is 0.